The van der Waals surface area contributed by atoms with Crippen molar-refractivity contribution in [3.63, 3.8) is 0 Å². The Morgan fingerprint density at radius 1 is 1.43 bits per heavy atom. The minimum atomic E-state index is -4.32. The molecule has 0 radical (unpaired) electrons. The summed E-state index contributed by atoms with van der Waals surface area (Å²) in [5.74, 6) is -2.37. The van der Waals surface area contributed by atoms with Crippen LogP contribution in [-0.2, 0) is 21.9 Å². The van der Waals surface area contributed by atoms with Crippen LogP contribution in [0.2, 0.25) is 0 Å². The molecule has 0 aliphatic heterocycles. The largest absolute Gasteiger partial charge is 0.480 e. The number of sulfonamides is 1. The van der Waals surface area contributed by atoms with Crippen LogP contribution in [0.1, 0.15) is 11.6 Å². The zero-order valence-corrected chi connectivity index (χ0v) is 11.7. The average Bonchev–Trinajstić information content (AvgIpc) is 2.82. The molecule has 2 N–H and O–H groups in total. The van der Waals surface area contributed by atoms with Crippen molar-refractivity contribution in [1.82, 2.24) is 14.5 Å². The van der Waals surface area contributed by atoms with E-state index in [1.165, 1.54) is 29.2 Å². The lowest BCUT2D eigenvalue weighted by atomic mass is 10.2. The summed E-state index contributed by atoms with van der Waals surface area (Å²) in [5.41, 5.74) is 0.143. The van der Waals surface area contributed by atoms with Gasteiger partial charge in [-0.05, 0) is 12.1 Å². The van der Waals surface area contributed by atoms with Crippen molar-refractivity contribution >= 4 is 16.0 Å². The normalized spacial score (nSPS) is 13.0. The fourth-order valence-corrected chi connectivity index (χ4v) is 2.99. The molecule has 1 aromatic carbocycles. The number of aryl methyl sites for hydroxylation is 1. The van der Waals surface area contributed by atoms with Crippen LogP contribution in [0.5, 0.6) is 0 Å². The molecule has 0 saturated heterocycles. The van der Waals surface area contributed by atoms with E-state index >= 15 is 0 Å². The molecule has 112 valence electrons. The lowest BCUT2D eigenvalue weighted by Crippen LogP contribution is -2.34. The second-order valence-corrected chi connectivity index (χ2v) is 5.95. The summed E-state index contributed by atoms with van der Waals surface area (Å²) in [6, 6.07) is 3.17. The van der Waals surface area contributed by atoms with E-state index in [0.29, 0.717) is 0 Å². The van der Waals surface area contributed by atoms with Gasteiger partial charge in [-0.15, -0.1) is 0 Å². The minimum absolute atomic E-state index is 0.143. The first kappa shape index (κ1) is 15.1. The van der Waals surface area contributed by atoms with Crippen LogP contribution in [-0.4, -0.2) is 29.3 Å². The second-order valence-electron chi connectivity index (χ2n) is 4.27. The van der Waals surface area contributed by atoms with Crippen molar-refractivity contribution in [1.29, 1.82) is 0 Å². The number of carbonyl (C=O) groups is 1. The summed E-state index contributed by atoms with van der Waals surface area (Å²) in [5, 5.41) is 12.9. The molecule has 1 atom stereocenters. The molecule has 9 heteroatoms. The van der Waals surface area contributed by atoms with Gasteiger partial charge in [0.15, 0.2) is 0 Å². The molecular weight excluding hydrogens is 301 g/mol. The van der Waals surface area contributed by atoms with Crippen LogP contribution in [0.25, 0.3) is 0 Å². The monoisotopic (exact) mass is 313 g/mol. The van der Waals surface area contributed by atoms with Crippen molar-refractivity contribution in [2.75, 3.05) is 0 Å². The molecule has 0 aliphatic carbocycles. The van der Waals surface area contributed by atoms with E-state index in [9.17, 15) is 17.6 Å². The van der Waals surface area contributed by atoms with E-state index in [-0.39, 0.29) is 5.56 Å². The van der Waals surface area contributed by atoms with E-state index in [1.54, 1.807) is 7.05 Å². The summed E-state index contributed by atoms with van der Waals surface area (Å²) >= 11 is 0. The number of hydrogen-bond acceptors (Lipinski definition) is 4. The summed E-state index contributed by atoms with van der Waals surface area (Å²) in [4.78, 5) is 10.6. The highest BCUT2D eigenvalue weighted by Gasteiger charge is 2.29. The molecule has 2 aromatic rings. The van der Waals surface area contributed by atoms with Crippen molar-refractivity contribution < 1.29 is 22.7 Å². The van der Waals surface area contributed by atoms with E-state index in [1.807, 2.05) is 4.72 Å². The third-order valence-electron chi connectivity index (χ3n) is 2.70. The lowest BCUT2D eigenvalue weighted by molar-refractivity contribution is -0.139. The Morgan fingerprint density at radius 2 is 2.10 bits per heavy atom. The molecule has 1 aromatic heterocycles. The first-order valence-electron chi connectivity index (χ1n) is 5.79. The molecule has 0 spiro atoms. The van der Waals surface area contributed by atoms with Crippen molar-refractivity contribution in [2.45, 2.75) is 10.9 Å². The Kier molecular flexibility index (Phi) is 4.05. The first-order valence-corrected chi connectivity index (χ1v) is 7.28. The lowest BCUT2D eigenvalue weighted by Gasteiger charge is -2.13. The van der Waals surface area contributed by atoms with Gasteiger partial charge in [0, 0.05) is 18.8 Å². The molecular formula is C12H12FN3O4S. The van der Waals surface area contributed by atoms with Gasteiger partial charge < -0.3 is 5.11 Å². The van der Waals surface area contributed by atoms with Gasteiger partial charge in [-0.1, -0.05) is 12.1 Å². The Morgan fingerprint density at radius 3 is 2.62 bits per heavy atom. The number of nitrogens with one attached hydrogen (secondary N) is 1. The fraction of sp³-hybridized carbons (Fsp3) is 0.167. The van der Waals surface area contributed by atoms with Gasteiger partial charge in [0.05, 0.1) is 6.20 Å². The SMILES string of the molecule is Cn1cc(C(NS(=O)(=O)c2ccccc2F)C(=O)O)cn1. The van der Waals surface area contributed by atoms with Crippen molar-refractivity contribution in [2.24, 2.45) is 7.05 Å². The van der Waals surface area contributed by atoms with Crippen LogP contribution in [0.3, 0.4) is 0 Å². The number of aromatic nitrogens is 2. The molecule has 7 nitrogen and oxygen atoms in total. The van der Waals surface area contributed by atoms with Gasteiger partial charge >= 0.3 is 5.97 Å². The van der Waals surface area contributed by atoms with Crippen LogP contribution in [0.15, 0.2) is 41.6 Å². The third-order valence-corrected chi connectivity index (χ3v) is 4.16. The molecule has 1 heterocycles. The highest BCUT2D eigenvalue weighted by atomic mass is 32.2. The van der Waals surface area contributed by atoms with Crippen molar-refractivity contribution in [3.05, 3.63) is 48.0 Å². The number of aliphatic carboxylic acids is 1. The second kappa shape index (κ2) is 5.62. The third kappa shape index (κ3) is 3.26. The predicted molar refractivity (Wildman–Crippen MR) is 70.3 cm³/mol. The van der Waals surface area contributed by atoms with E-state index < -0.39 is 32.7 Å². The average molecular weight is 313 g/mol. The quantitative estimate of drug-likeness (QED) is 0.844. The van der Waals surface area contributed by atoms with Gasteiger partial charge in [0.2, 0.25) is 10.0 Å². The van der Waals surface area contributed by atoms with Gasteiger partial charge in [0.25, 0.3) is 0 Å². The number of carboxylic acid groups (broad SMARTS) is 1. The maximum Gasteiger partial charge on any atom is 0.326 e. The maximum absolute atomic E-state index is 13.6. The molecule has 21 heavy (non-hydrogen) atoms. The van der Waals surface area contributed by atoms with E-state index in [0.717, 1.165) is 12.1 Å². The zero-order valence-electron chi connectivity index (χ0n) is 10.9. The number of hydrogen-bond donors (Lipinski definition) is 2. The topological polar surface area (TPSA) is 101 Å². The number of benzene rings is 1. The molecule has 0 saturated carbocycles. The fourth-order valence-electron chi connectivity index (χ4n) is 1.73. The maximum atomic E-state index is 13.6. The Balaban J connectivity index is 2.37. The number of carboxylic acids is 1. The van der Waals surface area contributed by atoms with Gasteiger partial charge in [-0.25, -0.2) is 12.8 Å². The van der Waals surface area contributed by atoms with E-state index in [4.69, 9.17) is 5.11 Å². The highest BCUT2D eigenvalue weighted by molar-refractivity contribution is 7.89. The first-order chi connectivity index (χ1) is 9.81. The van der Waals surface area contributed by atoms with Crippen LogP contribution in [0.4, 0.5) is 4.39 Å². The standard InChI is InChI=1S/C12H12FN3O4S/c1-16-7-8(6-14-16)11(12(17)18)15-21(19,20)10-5-3-2-4-9(10)13/h2-7,11,15H,1H3,(H,17,18). The molecule has 0 aliphatic rings. The number of nitrogens with zero attached hydrogens (tertiary/aromatic N) is 2. The van der Waals surface area contributed by atoms with Crippen LogP contribution < -0.4 is 4.72 Å². The molecule has 0 amide bonds. The minimum Gasteiger partial charge on any atom is -0.480 e. The Bertz CT molecular complexity index is 772. The van der Waals surface area contributed by atoms with Crippen LogP contribution >= 0.6 is 0 Å². The van der Waals surface area contributed by atoms with E-state index in [2.05, 4.69) is 5.10 Å². The van der Waals surface area contributed by atoms with Gasteiger partial charge in [-0.2, -0.15) is 9.82 Å². The van der Waals surface area contributed by atoms with Crippen molar-refractivity contribution in [3.8, 4) is 0 Å². The molecule has 0 bridgehead atoms. The molecule has 2 rings (SSSR count). The van der Waals surface area contributed by atoms with Crippen LogP contribution in [0, 0.1) is 5.82 Å². The summed E-state index contributed by atoms with van der Waals surface area (Å²) < 4.78 is 41.1. The zero-order chi connectivity index (χ0) is 15.6. The number of halogens is 1. The Labute approximate surface area is 120 Å². The summed E-state index contributed by atoms with van der Waals surface area (Å²) in [7, 11) is -2.75. The molecule has 1 unspecified atom stereocenters. The summed E-state index contributed by atoms with van der Waals surface area (Å²) in [6.45, 7) is 0. The van der Waals surface area contributed by atoms with Gasteiger partial charge in [-0.3, -0.25) is 9.48 Å². The predicted octanol–water partition coefficient (Wildman–Crippen LogP) is 0.663. The Hall–Kier alpha value is -2.26. The highest BCUT2D eigenvalue weighted by Crippen LogP contribution is 2.19. The molecule has 0 fully saturated rings. The smallest absolute Gasteiger partial charge is 0.326 e. The van der Waals surface area contributed by atoms with Gasteiger partial charge in [0.1, 0.15) is 16.8 Å². The number of rotatable bonds is 5. The summed E-state index contributed by atoms with van der Waals surface area (Å²) in [6.07, 6.45) is 2.59.